The number of benzene rings is 1. The first-order valence-electron chi connectivity index (χ1n) is 7.38. The Kier molecular flexibility index (Phi) is 6.02. The number of carbonyl (C=O) groups excluding carboxylic acids is 1. The van der Waals surface area contributed by atoms with Crippen LogP contribution in [0.1, 0.15) is 13.3 Å². The standard InChI is InChI=1S/C15H23BrN4O/c1-2-5-19-6-8-20(9-7-19)11-15(21)18-14-4-3-12(17)10-13(14)16/h3-4,10H,2,5-9,11,17H2,1H3,(H,18,21). The van der Waals surface area contributed by atoms with Crippen molar-refractivity contribution in [2.45, 2.75) is 13.3 Å². The zero-order valence-electron chi connectivity index (χ0n) is 12.4. The van der Waals surface area contributed by atoms with Crippen molar-refractivity contribution in [3.8, 4) is 0 Å². The van der Waals surface area contributed by atoms with Gasteiger partial charge in [-0.15, -0.1) is 0 Å². The molecule has 1 aliphatic rings. The van der Waals surface area contributed by atoms with Crippen molar-refractivity contribution in [2.24, 2.45) is 0 Å². The van der Waals surface area contributed by atoms with Gasteiger partial charge in [-0.1, -0.05) is 6.92 Å². The summed E-state index contributed by atoms with van der Waals surface area (Å²) in [5.74, 6) is 0.0180. The molecule has 21 heavy (non-hydrogen) atoms. The summed E-state index contributed by atoms with van der Waals surface area (Å²) in [6.45, 7) is 7.80. The van der Waals surface area contributed by atoms with Gasteiger partial charge < -0.3 is 16.0 Å². The Morgan fingerprint density at radius 2 is 1.95 bits per heavy atom. The number of halogens is 1. The predicted octanol–water partition coefficient (Wildman–Crippen LogP) is 2.00. The monoisotopic (exact) mass is 354 g/mol. The number of carbonyl (C=O) groups is 1. The van der Waals surface area contributed by atoms with E-state index in [-0.39, 0.29) is 5.91 Å². The number of hydrogen-bond acceptors (Lipinski definition) is 4. The molecule has 0 aliphatic carbocycles. The number of amides is 1. The molecule has 1 amide bonds. The molecule has 6 heteroatoms. The molecule has 1 aliphatic heterocycles. The average molecular weight is 355 g/mol. The summed E-state index contributed by atoms with van der Waals surface area (Å²) in [7, 11) is 0. The molecular weight excluding hydrogens is 332 g/mol. The summed E-state index contributed by atoms with van der Waals surface area (Å²) in [5.41, 5.74) is 7.13. The lowest BCUT2D eigenvalue weighted by atomic mass is 10.2. The number of nitrogens with one attached hydrogen (secondary N) is 1. The Labute approximate surface area is 134 Å². The molecule has 3 N–H and O–H groups in total. The van der Waals surface area contributed by atoms with Crippen molar-refractivity contribution in [1.82, 2.24) is 9.80 Å². The fraction of sp³-hybridized carbons (Fsp3) is 0.533. The maximum Gasteiger partial charge on any atom is 0.238 e. The van der Waals surface area contributed by atoms with Crippen molar-refractivity contribution in [3.05, 3.63) is 22.7 Å². The van der Waals surface area contributed by atoms with E-state index < -0.39 is 0 Å². The van der Waals surface area contributed by atoms with E-state index in [4.69, 9.17) is 5.73 Å². The van der Waals surface area contributed by atoms with Crippen LogP contribution in [0.25, 0.3) is 0 Å². The molecular formula is C15H23BrN4O. The highest BCUT2D eigenvalue weighted by atomic mass is 79.9. The molecule has 2 rings (SSSR count). The third-order valence-corrected chi connectivity index (χ3v) is 4.30. The van der Waals surface area contributed by atoms with E-state index >= 15 is 0 Å². The number of hydrogen-bond donors (Lipinski definition) is 2. The number of nitrogen functional groups attached to an aromatic ring is 1. The van der Waals surface area contributed by atoms with Crippen molar-refractivity contribution < 1.29 is 4.79 Å². The topological polar surface area (TPSA) is 61.6 Å². The van der Waals surface area contributed by atoms with Crippen LogP contribution in [-0.2, 0) is 4.79 Å². The van der Waals surface area contributed by atoms with Crippen molar-refractivity contribution >= 4 is 33.2 Å². The molecule has 0 saturated carbocycles. The lowest BCUT2D eigenvalue weighted by Crippen LogP contribution is -2.48. The maximum absolute atomic E-state index is 12.1. The van der Waals surface area contributed by atoms with Gasteiger partial charge in [0.05, 0.1) is 12.2 Å². The summed E-state index contributed by atoms with van der Waals surface area (Å²) in [5, 5.41) is 2.92. The van der Waals surface area contributed by atoms with Gasteiger partial charge in [0.25, 0.3) is 0 Å². The molecule has 1 fully saturated rings. The first kappa shape index (κ1) is 16.3. The minimum atomic E-state index is 0.0180. The molecule has 0 unspecified atom stereocenters. The molecule has 1 aromatic rings. The van der Waals surface area contributed by atoms with Crippen LogP contribution in [0.3, 0.4) is 0 Å². The first-order valence-corrected chi connectivity index (χ1v) is 8.17. The Morgan fingerprint density at radius 1 is 1.29 bits per heavy atom. The van der Waals surface area contributed by atoms with Gasteiger partial charge in [0.15, 0.2) is 0 Å². The highest BCUT2D eigenvalue weighted by Crippen LogP contribution is 2.24. The lowest BCUT2D eigenvalue weighted by molar-refractivity contribution is -0.117. The van der Waals surface area contributed by atoms with Gasteiger partial charge in [0.1, 0.15) is 0 Å². The molecule has 1 aromatic carbocycles. The van der Waals surface area contributed by atoms with E-state index in [9.17, 15) is 4.79 Å². The number of nitrogens with zero attached hydrogens (tertiary/aromatic N) is 2. The van der Waals surface area contributed by atoms with Gasteiger partial charge >= 0.3 is 0 Å². The summed E-state index contributed by atoms with van der Waals surface area (Å²) < 4.78 is 0.809. The quantitative estimate of drug-likeness (QED) is 0.794. The van der Waals surface area contributed by atoms with Crippen LogP contribution >= 0.6 is 15.9 Å². The van der Waals surface area contributed by atoms with Crippen LogP contribution in [-0.4, -0.2) is 55.0 Å². The summed E-state index contributed by atoms with van der Waals surface area (Å²) in [4.78, 5) is 16.8. The highest BCUT2D eigenvalue weighted by Gasteiger charge is 2.18. The van der Waals surface area contributed by atoms with E-state index in [0.29, 0.717) is 12.2 Å². The van der Waals surface area contributed by atoms with Crippen molar-refractivity contribution in [3.63, 3.8) is 0 Å². The zero-order valence-corrected chi connectivity index (χ0v) is 14.0. The van der Waals surface area contributed by atoms with Gasteiger partial charge in [-0.25, -0.2) is 0 Å². The van der Waals surface area contributed by atoms with Crippen molar-refractivity contribution in [2.75, 3.05) is 50.3 Å². The number of rotatable bonds is 5. The van der Waals surface area contributed by atoms with Crippen LogP contribution < -0.4 is 11.1 Å². The summed E-state index contributed by atoms with van der Waals surface area (Å²) in [6, 6.07) is 5.39. The molecule has 0 radical (unpaired) electrons. The summed E-state index contributed by atoms with van der Waals surface area (Å²) in [6.07, 6.45) is 1.19. The van der Waals surface area contributed by atoms with Gasteiger partial charge in [-0.05, 0) is 47.1 Å². The average Bonchev–Trinajstić information content (AvgIpc) is 2.44. The fourth-order valence-electron chi connectivity index (χ4n) is 2.51. The Hall–Kier alpha value is -1.11. The van der Waals surface area contributed by atoms with Crippen LogP contribution in [0.15, 0.2) is 22.7 Å². The van der Waals surface area contributed by atoms with Gasteiger partial charge in [0, 0.05) is 36.3 Å². The second-order valence-corrected chi connectivity index (χ2v) is 6.26. The van der Waals surface area contributed by atoms with E-state index in [1.807, 2.05) is 6.07 Å². The van der Waals surface area contributed by atoms with E-state index in [0.717, 1.165) is 42.9 Å². The highest BCUT2D eigenvalue weighted by molar-refractivity contribution is 9.10. The van der Waals surface area contributed by atoms with Gasteiger partial charge in [0.2, 0.25) is 5.91 Å². The molecule has 0 aromatic heterocycles. The third kappa shape index (κ3) is 4.98. The second-order valence-electron chi connectivity index (χ2n) is 5.41. The minimum absolute atomic E-state index is 0.0180. The number of piperazine rings is 1. The molecule has 116 valence electrons. The second kappa shape index (κ2) is 7.77. The molecule has 5 nitrogen and oxygen atoms in total. The van der Waals surface area contributed by atoms with Crippen LogP contribution in [0.2, 0.25) is 0 Å². The number of nitrogens with two attached hydrogens (primary N) is 1. The van der Waals surface area contributed by atoms with E-state index in [1.165, 1.54) is 6.42 Å². The van der Waals surface area contributed by atoms with Gasteiger partial charge in [-0.3, -0.25) is 9.69 Å². The van der Waals surface area contributed by atoms with Crippen LogP contribution in [0.5, 0.6) is 0 Å². The first-order chi connectivity index (χ1) is 10.1. The minimum Gasteiger partial charge on any atom is -0.399 e. The molecule has 0 bridgehead atoms. The van der Waals surface area contributed by atoms with Crippen LogP contribution in [0.4, 0.5) is 11.4 Å². The summed E-state index contributed by atoms with van der Waals surface area (Å²) >= 11 is 3.41. The Bertz CT molecular complexity index is 487. The van der Waals surface area contributed by atoms with E-state index in [2.05, 4.69) is 38.0 Å². The van der Waals surface area contributed by atoms with Gasteiger partial charge in [-0.2, -0.15) is 0 Å². The molecule has 0 atom stereocenters. The van der Waals surface area contributed by atoms with Crippen LogP contribution in [0, 0.1) is 0 Å². The molecule has 0 spiro atoms. The SMILES string of the molecule is CCCN1CCN(CC(=O)Nc2ccc(N)cc2Br)CC1. The smallest absolute Gasteiger partial charge is 0.238 e. The fourth-order valence-corrected chi connectivity index (χ4v) is 3.01. The number of anilines is 2. The molecule has 1 saturated heterocycles. The third-order valence-electron chi connectivity index (χ3n) is 3.64. The molecule has 1 heterocycles. The zero-order chi connectivity index (χ0) is 15.2. The van der Waals surface area contributed by atoms with Crippen molar-refractivity contribution in [1.29, 1.82) is 0 Å². The predicted molar refractivity (Wildman–Crippen MR) is 90.4 cm³/mol. The Morgan fingerprint density at radius 3 is 2.57 bits per heavy atom. The van der Waals surface area contributed by atoms with E-state index in [1.54, 1.807) is 12.1 Å². The largest absolute Gasteiger partial charge is 0.399 e. The Balaban J connectivity index is 1.80. The lowest BCUT2D eigenvalue weighted by Gasteiger charge is -2.34. The normalized spacial score (nSPS) is 16.9. The maximum atomic E-state index is 12.1.